The van der Waals surface area contributed by atoms with Crippen LogP contribution in [0.5, 0.6) is 5.75 Å². The Hall–Kier alpha value is -3.14. The molecule has 2 atom stereocenters. The summed E-state index contributed by atoms with van der Waals surface area (Å²) in [5, 5.41) is 34.2. The van der Waals surface area contributed by atoms with Crippen LogP contribution in [-0.4, -0.2) is 26.2 Å². The van der Waals surface area contributed by atoms with E-state index in [1.54, 1.807) is 36.8 Å². The van der Waals surface area contributed by atoms with Crippen LogP contribution in [0.15, 0.2) is 61.1 Å². The first-order valence-corrected chi connectivity index (χ1v) is 8.29. The van der Waals surface area contributed by atoms with E-state index in [0.717, 1.165) is 5.69 Å². The first-order valence-electron chi connectivity index (χ1n) is 8.29. The number of nitriles is 1. The van der Waals surface area contributed by atoms with Crippen molar-refractivity contribution in [2.24, 2.45) is 0 Å². The van der Waals surface area contributed by atoms with Crippen molar-refractivity contribution in [3.05, 3.63) is 83.4 Å². The third-order valence-electron chi connectivity index (χ3n) is 4.24. The molecule has 6 nitrogen and oxygen atoms in total. The number of phenolic OH excluding ortho intramolecular Hbond substituents is 1. The van der Waals surface area contributed by atoms with Gasteiger partial charge in [0.1, 0.15) is 5.75 Å². The largest absolute Gasteiger partial charge is 0.507 e. The summed E-state index contributed by atoms with van der Waals surface area (Å²) in [6, 6.07) is 15.4. The number of rotatable bonds is 6. The van der Waals surface area contributed by atoms with E-state index in [0.29, 0.717) is 23.1 Å². The van der Waals surface area contributed by atoms with Gasteiger partial charge < -0.3 is 15.2 Å². The molecule has 0 aliphatic heterocycles. The Morgan fingerprint density at radius 2 is 2.04 bits per heavy atom. The maximum atomic E-state index is 11.5. The van der Waals surface area contributed by atoms with Crippen molar-refractivity contribution in [1.29, 1.82) is 5.26 Å². The van der Waals surface area contributed by atoms with Crippen LogP contribution in [0, 0.1) is 11.3 Å². The molecule has 0 aliphatic carbocycles. The van der Waals surface area contributed by atoms with Crippen LogP contribution >= 0.6 is 0 Å². The van der Waals surface area contributed by atoms with Gasteiger partial charge in [-0.15, -0.1) is 0 Å². The van der Waals surface area contributed by atoms with Crippen LogP contribution in [0.4, 0.5) is 0 Å². The molecule has 1 aromatic heterocycles. The topological polar surface area (TPSA) is 105 Å². The predicted octanol–water partition coefficient (Wildman–Crippen LogP) is 2.40. The third-order valence-corrected chi connectivity index (χ3v) is 4.24. The Morgan fingerprint density at radius 1 is 1.27 bits per heavy atom. The van der Waals surface area contributed by atoms with Gasteiger partial charge in [0.15, 0.2) is 5.72 Å². The second kappa shape index (κ2) is 7.40. The molecular formula is C20H20N4O2. The number of hydrogen-bond acceptors (Lipinski definition) is 5. The highest BCUT2D eigenvalue weighted by Gasteiger charge is 2.35. The van der Waals surface area contributed by atoms with Crippen LogP contribution in [-0.2, 0) is 12.1 Å². The Kier molecular flexibility index (Phi) is 5.03. The van der Waals surface area contributed by atoms with Gasteiger partial charge in [0.2, 0.25) is 0 Å². The molecule has 0 saturated heterocycles. The molecule has 0 aliphatic rings. The molecule has 4 N–H and O–H groups in total. The number of aromatic hydroxyl groups is 1. The molecule has 6 heteroatoms. The van der Waals surface area contributed by atoms with Crippen LogP contribution in [0.2, 0.25) is 0 Å². The fourth-order valence-corrected chi connectivity index (χ4v) is 3.04. The smallest absolute Gasteiger partial charge is 0.172 e. The molecule has 26 heavy (non-hydrogen) atoms. The van der Waals surface area contributed by atoms with Gasteiger partial charge in [-0.25, -0.2) is 4.98 Å². The van der Waals surface area contributed by atoms with E-state index in [9.17, 15) is 10.2 Å². The monoisotopic (exact) mass is 348 g/mol. The first kappa shape index (κ1) is 17.7. The minimum absolute atomic E-state index is 0.129. The third kappa shape index (κ3) is 3.59. The molecule has 0 saturated carbocycles. The quantitative estimate of drug-likeness (QED) is 0.512. The van der Waals surface area contributed by atoms with Crippen LogP contribution in [0.25, 0.3) is 0 Å². The van der Waals surface area contributed by atoms with Gasteiger partial charge in [0.25, 0.3) is 0 Å². The fraction of sp³-hybridized carbons (Fsp3) is 0.200. The van der Waals surface area contributed by atoms with Crippen molar-refractivity contribution >= 4 is 0 Å². The highest BCUT2D eigenvalue weighted by molar-refractivity contribution is 5.48. The molecule has 1 heterocycles. The van der Waals surface area contributed by atoms with E-state index in [2.05, 4.69) is 15.3 Å². The summed E-state index contributed by atoms with van der Waals surface area (Å²) in [5.74, 6) is -0.142. The average Bonchev–Trinajstić information content (AvgIpc) is 3.14. The number of benzene rings is 2. The van der Waals surface area contributed by atoms with Gasteiger partial charge in [-0.3, -0.25) is 5.32 Å². The van der Waals surface area contributed by atoms with E-state index < -0.39 is 5.72 Å². The maximum Gasteiger partial charge on any atom is 0.172 e. The molecule has 0 spiro atoms. The summed E-state index contributed by atoms with van der Waals surface area (Å²) in [6.07, 6.45) is 3.96. The van der Waals surface area contributed by atoms with Crippen LogP contribution in [0.3, 0.4) is 0 Å². The van der Waals surface area contributed by atoms with E-state index >= 15 is 0 Å². The zero-order valence-corrected chi connectivity index (χ0v) is 14.3. The summed E-state index contributed by atoms with van der Waals surface area (Å²) < 4.78 is 0. The Labute approximate surface area is 151 Å². The van der Waals surface area contributed by atoms with Gasteiger partial charge in [0.05, 0.1) is 18.0 Å². The van der Waals surface area contributed by atoms with E-state index in [1.807, 2.05) is 31.2 Å². The highest BCUT2D eigenvalue weighted by atomic mass is 16.3. The van der Waals surface area contributed by atoms with Crippen molar-refractivity contribution in [2.45, 2.75) is 25.1 Å². The standard InChI is InChI=1S/C20H20N4O2/c1-14(9-17-12-22-13-23-17)24-20(26,16-5-3-2-4-6-16)18-8-7-15(11-21)10-19(18)25/h2-8,10,12-14,24-26H,9H2,1H3,(H,22,23)/t14-,20?/m1/s1. The molecule has 3 aromatic rings. The summed E-state index contributed by atoms with van der Waals surface area (Å²) in [6.45, 7) is 1.94. The van der Waals surface area contributed by atoms with Crippen molar-refractivity contribution in [3.63, 3.8) is 0 Å². The molecule has 0 fully saturated rings. The number of aromatic amines is 1. The van der Waals surface area contributed by atoms with E-state index in [4.69, 9.17) is 5.26 Å². The lowest BCUT2D eigenvalue weighted by molar-refractivity contribution is 0.0299. The number of H-pyrrole nitrogens is 1. The lowest BCUT2D eigenvalue weighted by atomic mass is 9.91. The maximum absolute atomic E-state index is 11.5. The number of phenols is 1. The molecule has 132 valence electrons. The fourth-order valence-electron chi connectivity index (χ4n) is 3.04. The van der Waals surface area contributed by atoms with Gasteiger partial charge >= 0.3 is 0 Å². The number of aliphatic hydroxyl groups is 1. The Morgan fingerprint density at radius 3 is 2.65 bits per heavy atom. The lowest BCUT2D eigenvalue weighted by Gasteiger charge is -2.34. The van der Waals surface area contributed by atoms with Gasteiger partial charge in [-0.05, 0) is 25.1 Å². The molecule has 1 unspecified atom stereocenters. The first-order chi connectivity index (χ1) is 12.5. The van der Waals surface area contributed by atoms with Crippen LogP contribution in [0.1, 0.15) is 29.3 Å². The highest BCUT2D eigenvalue weighted by Crippen LogP contribution is 2.34. The number of nitrogens with zero attached hydrogens (tertiary/aromatic N) is 2. The van der Waals surface area contributed by atoms with Gasteiger partial charge in [-0.2, -0.15) is 5.26 Å². The molecule has 3 rings (SSSR count). The summed E-state index contributed by atoms with van der Waals surface area (Å²) in [7, 11) is 0. The zero-order valence-electron chi connectivity index (χ0n) is 14.3. The molecule has 0 bridgehead atoms. The van der Waals surface area contributed by atoms with E-state index in [-0.39, 0.29) is 11.8 Å². The van der Waals surface area contributed by atoms with Gasteiger partial charge in [0, 0.05) is 35.5 Å². The normalized spacial score (nSPS) is 14.3. The average molecular weight is 348 g/mol. The number of aromatic nitrogens is 2. The summed E-state index contributed by atoms with van der Waals surface area (Å²) in [5.41, 5.74) is 0.533. The number of imidazole rings is 1. The van der Waals surface area contributed by atoms with Crippen molar-refractivity contribution in [1.82, 2.24) is 15.3 Å². The minimum atomic E-state index is -1.61. The van der Waals surface area contributed by atoms with Crippen molar-refractivity contribution in [2.75, 3.05) is 0 Å². The second-order valence-electron chi connectivity index (χ2n) is 6.25. The summed E-state index contributed by atoms with van der Waals surface area (Å²) in [4.78, 5) is 7.05. The number of nitrogens with one attached hydrogen (secondary N) is 2. The van der Waals surface area contributed by atoms with Crippen LogP contribution < -0.4 is 5.32 Å². The Balaban J connectivity index is 1.99. The second-order valence-corrected chi connectivity index (χ2v) is 6.25. The Bertz CT molecular complexity index is 903. The molecule has 0 amide bonds. The van der Waals surface area contributed by atoms with Gasteiger partial charge in [-0.1, -0.05) is 30.3 Å². The van der Waals surface area contributed by atoms with E-state index in [1.165, 1.54) is 6.07 Å². The number of hydrogen-bond donors (Lipinski definition) is 4. The minimum Gasteiger partial charge on any atom is -0.507 e. The predicted molar refractivity (Wildman–Crippen MR) is 97.2 cm³/mol. The SMILES string of the molecule is C[C@H](Cc1cnc[nH]1)NC(O)(c1ccccc1)c1ccc(C#N)cc1O. The lowest BCUT2D eigenvalue weighted by Crippen LogP contribution is -2.48. The zero-order chi connectivity index (χ0) is 18.6. The molecule has 2 aromatic carbocycles. The molecule has 0 radical (unpaired) electrons. The summed E-state index contributed by atoms with van der Waals surface area (Å²) >= 11 is 0. The van der Waals surface area contributed by atoms with Crippen molar-refractivity contribution < 1.29 is 10.2 Å². The van der Waals surface area contributed by atoms with Crippen molar-refractivity contribution in [3.8, 4) is 11.8 Å². The molecular weight excluding hydrogens is 328 g/mol.